The van der Waals surface area contributed by atoms with Crippen LogP contribution in [0.5, 0.6) is 0 Å². The molecule has 1 rings (SSSR count). The summed E-state index contributed by atoms with van der Waals surface area (Å²) < 4.78 is 5.63. The number of hydrogen-bond donors (Lipinski definition) is 2. The second kappa shape index (κ2) is 6.64. The third-order valence-corrected chi connectivity index (χ3v) is 2.69. The van der Waals surface area contributed by atoms with Gasteiger partial charge in [0.2, 0.25) is 5.91 Å². The number of amides is 1. The Morgan fingerprint density at radius 2 is 1.86 bits per heavy atom. The SMILES string of the molecule is C[C@@H](OC(C)(C)C)[C@H](N)C(=O)Nc1ccc([N+](=O)[O-])cc1. The quantitative estimate of drug-likeness (QED) is 0.638. The number of ether oxygens (including phenoxy) is 1. The van der Waals surface area contributed by atoms with Crippen LogP contribution in [0.4, 0.5) is 11.4 Å². The van der Waals surface area contributed by atoms with Crippen molar-refractivity contribution >= 4 is 17.3 Å². The fraction of sp³-hybridized carbons (Fsp3) is 0.500. The van der Waals surface area contributed by atoms with E-state index in [2.05, 4.69) is 5.32 Å². The molecule has 1 aromatic rings. The van der Waals surface area contributed by atoms with Crippen molar-refractivity contribution in [3.63, 3.8) is 0 Å². The van der Waals surface area contributed by atoms with Gasteiger partial charge in [-0.2, -0.15) is 0 Å². The van der Waals surface area contributed by atoms with Crippen molar-refractivity contribution in [3.8, 4) is 0 Å². The Bertz CT molecular complexity index is 508. The van der Waals surface area contributed by atoms with E-state index in [1.54, 1.807) is 6.92 Å². The Balaban J connectivity index is 2.65. The van der Waals surface area contributed by atoms with Gasteiger partial charge >= 0.3 is 0 Å². The van der Waals surface area contributed by atoms with E-state index >= 15 is 0 Å². The summed E-state index contributed by atoms with van der Waals surface area (Å²) in [7, 11) is 0. The van der Waals surface area contributed by atoms with E-state index in [0.29, 0.717) is 5.69 Å². The lowest BCUT2D eigenvalue weighted by Gasteiger charge is -2.28. The van der Waals surface area contributed by atoms with Crippen LogP contribution in [0, 0.1) is 10.1 Å². The monoisotopic (exact) mass is 295 g/mol. The largest absolute Gasteiger partial charge is 0.371 e. The summed E-state index contributed by atoms with van der Waals surface area (Å²) in [6, 6.07) is 4.71. The Morgan fingerprint density at radius 1 is 1.33 bits per heavy atom. The predicted octanol–water partition coefficient (Wildman–Crippen LogP) is 2.06. The first kappa shape index (κ1) is 17.1. The van der Waals surface area contributed by atoms with Gasteiger partial charge in [0, 0.05) is 17.8 Å². The van der Waals surface area contributed by atoms with Gasteiger partial charge in [-0.05, 0) is 39.8 Å². The van der Waals surface area contributed by atoms with E-state index in [0.717, 1.165) is 0 Å². The molecular formula is C14H21N3O4. The highest BCUT2D eigenvalue weighted by Crippen LogP contribution is 2.17. The molecule has 0 fully saturated rings. The van der Waals surface area contributed by atoms with Crippen LogP contribution in [0.3, 0.4) is 0 Å². The Morgan fingerprint density at radius 3 is 2.29 bits per heavy atom. The van der Waals surface area contributed by atoms with Crippen molar-refractivity contribution in [2.75, 3.05) is 5.32 Å². The number of rotatable bonds is 5. The van der Waals surface area contributed by atoms with Gasteiger partial charge in [-0.25, -0.2) is 0 Å². The second-order valence-corrected chi connectivity index (χ2v) is 5.75. The topological polar surface area (TPSA) is 107 Å². The van der Waals surface area contributed by atoms with Gasteiger partial charge < -0.3 is 15.8 Å². The van der Waals surface area contributed by atoms with Crippen LogP contribution in [0.1, 0.15) is 27.7 Å². The van der Waals surface area contributed by atoms with Crippen molar-refractivity contribution in [1.29, 1.82) is 0 Å². The van der Waals surface area contributed by atoms with Gasteiger partial charge in [-0.1, -0.05) is 0 Å². The average molecular weight is 295 g/mol. The predicted molar refractivity (Wildman–Crippen MR) is 80.0 cm³/mol. The van der Waals surface area contributed by atoms with Gasteiger partial charge in [0.1, 0.15) is 6.04 Å². The minimum absolute atomic E-state index is 0.0401. The molecule has 1 amide bonds. The van der Waals surface area contributed by atoms with Crippen LogP contribution in [-0.2, 0) is 9.53 Å². The van der Waals surface area contributed by atoms with Gasteiger partial charge in [-0.3, -0.25) is 14.9 Å². The maximum absolute atomic E-state index is 12.0. The van der Waals surface area contributed by atoms with Crippen LogP contribution in [0.15, 0.2) is 24.3 Å². The zero-order valence-electron chi connectivity index (χ0n) is 12.6. The first-order valence-corrected chi connectivity index (χ1v) is 6.59. The third-order valence-electron chi connectivity index (χ3n) is 2.69. The van der Waals surface area contributed by atoms with E-state index in [-0.39, 0.29) is 5.69 Å². The highest BCUT2D eigenvalue weighted by molar-refractivity contribution is 5.95. The minimum Gasteiger partial charge on any atom is -0.371 e. The molecule has 21 heavy (non-hydrogen) atoms. The van der Waals surface area contributed by atoms with E-state index in [1.807, 2.05) is 20.8 Å². The van der Waals surface area contributed by atoms with E-state index in [4.69, 9.17) is 10.5 Å². The van der Waals surface area contributed by atoms with Crippen LogP contribution in [0.2, 0.25) is 0 Å². The number of nitro benzene ring substituents is 1. The molecule has 0 aliphatic rings. The van der Waals surface area contributed by atoms with Crippen molar-refractivity contribution in [3.05, 3.63) is 34.4 Å². The molecule has 7 heteroatoms. The first-order valence-electron chi connectivity index (χ1n) is 6.59. The smallest absolute Gasteiger partial charge is 0.269 e. The van der Waals surface area contributed by atoms with E-state index in [9.17, 15) is 14.9 Å². The molecule has 0 saturated heterocycles. The molecular weight excluding hydrogens is 274 g/mol. The van der Waals surface area contributed by atoms with Gasteiger partial charge in [0.05, 0.1) is 16.6 Å². The Hall–Kier alpha value is -1.99. The van der Waals surface area contributed by atoms with E-state index in [1.165, 1.54) is 24.3 Å². The van der Waals surface area contributed by atoms with Crippen LogP contribution in [-0.4, -0.2) is 28.6 Å². The molecule has 2 atom stereocenters. The minimum atomic E-state index is -0.834. The molecule has 1 aromatic carbocycles. The van der Waals surface area contributed by atoms with Crippen molar-refractivity contribution in [2.45, 2.75) is 45.4 Å². The highest BCUT2D eigenvalue weighted by Gasteiger charge is 2.25. The molecule has 7 nitrogen and oxygen atoms in total. The van der Waals surface area contributed by atoms with E-state index < -0.39 is 28.6 Å². The summed E-state index contributed by atoms with van der Waals surface area (Å²) in [4.78, 5) is 22.1. The molecule has 0 heterocycles. The maximum atomic E-state index is 12.0. The zero-order valence-corrected chi connectivity index (χ0v) is 12.6. The number of anilines is 1. The molecule has 0 spiro atoms. The van der Waals surface area contributed by atoms with Crippen LogP contribution < -0.4 is 11.1 Å². The number of hydrogen-bond acceptors (Lipinski definition) is 5. The molecule has 0 saturated carbocycles. The fourth-order valence-corrected chi connectivity index (χ4v) is 1.74. The summed E-state index contributed by atoms with van der Waals surface area (Å²) in [6.07, 6.45) is -0.456. The number of carbonyl (C=O) groups excluding carboxylic acids is 1. The number of nitrogens with one attached hydrogen (secondary N) is 1. The summed E-state index contributed by atoms with van der Waals surface area (Å²) in [5.74, 6) is -0.402. The normalized spacial score (nSPS) is 14.3. The number of non-ortho nitro benzene ring substituents is 1. The first-order chi connectivity index (χ1) is 9.60. The highest BCUT2D eigenvalue weighted by atomic mass is 16.6. The lowest BCUT2D eigenvalue weighted by molar-refractivity contribution is -0.384. The van der Waals surface area contributed by atoms with Gasteiger partial charge in [0.25, 0.3) is 5.69 Å². The maximum Gasteiger partial charge on any atom is 0.269 e. The Labute approximate surface area is 123 Å². The van der Waals surface area contributed by atoms with Crippen LogP contribution in [0.25, 0.3) is 0 Å². The lowest BCUT2D eigenvalue weighted by Crippen LogP contribution is -2.47. The third kappa shape index (κ3) is 5.49. The molecule has 0 unspecified atom stereocenters. The molecule has 0 aliphatic heterocycles. The number of nitrogens with zero attached hydrogens (tertiary/aromatic N) is 1. The fourth-order valence-electron chi connectivity index (χ4n) is 1.74. The van der Waals surface area contributed by atoms with Gasteiger partial charge in [-0.15, -0.1) is 0 Å². The summed E-state index contributed by atoms with van der Waals surface area (Å²) in [5, 5.41) is 13.2. The number of benzene rings is 1. The molecule has 0 radical (unpaired) electrons. The molecule has 0 aromatic heterocycles. The standard InChI is InChI=1S/C14H21N3O4/c1-9(21-14(2,3)4)12(15)13(18)16-10-5-7-11(8-6-10)17(19)20/h5-9,12H,15H2,1-4H3,(H,16,18)/t9-,12+/m1/s1. The number of carbonyl (C=O) groups is 1. The Kier molecular flexibility index (Phi) is 5.40. The molecule has 116 valence electrons. The number of nitrogens with two attached hydrogens (primary N) is 1. The summed E-state index contributed by atoms with van der Waals surface area (Å²) in [6.45, 7) is 7.37. The summed E-state index contributed by atoms with van der Waals surface area (Å²) >= 11 is 0. The summed E-state index contributed by atoms with van der Waals surface area (Å²) in [5.41, 5.74) is 5.86. The van der Waals surface area contributed by atoms with Gasteiger partial charge in [0.15, 0.2) is 0 Å². The zero-order chi connectivity index (χ0) is 16.2. The van der Waals surface area contributed by atoms with Crippen molar-refractivity contribution < 1.29 is 14.5 Å². The van der Waals surface area contributed by atoms with Crippen molar-refractivity contribution in [1.82, 2.24) is 0 Å². The van der Waals surface area contributed by atoms with Crippen molar-refractivity contribution in [2.24, 2.45) is 5.73 Å². The molecule has 0 aliphatic carbocycles. The molecule has 3 N–H and O–H groups in total. The molecule has 0 bridgehead atoms. The van der Waals surface area contributed by atoms with Crippen LogP contribution >= 0.6 is 0 Å². The lowest BCUT2D eigenvalue weighted by atomic mass is 10.1. The second-order valence-electron chi connectivity index (χ2n) is 5.75. The average Bonchev–Trinajstić information content (AvgIpc) is 2.36. The number of nitro groups is 1.